The van der Waals surface area contributed by atoms with E-state index in [-0.39, 0.29) is 0 Å². The van der Waals surface area contributed by atoms with Crippen LogP contribution in [0.1, 0.15) is 17.3 Å². The lowest BCUT2D eigenvalue weighted by molar-refractivity contribution is -0.143. The van der Waals surface area contributed by atoms with E-state index in [0.29, 0.717) is 13.1 Å². The zero-order valence-electron chi connectivity index (χ0n) is 16.2. The SMILES string of the molecule is COc1ccccc1N1CCN([C@@H](C(=O)O)c2c(C)[nH]c3ccccc23)CC1. The zero-order valence-corrected chi connectivity index (χ0v) is 16.2. The van der Waals surface area contributed by atoms with Crippen LogP contribution in [0, 0.1) is 6.92 Å². The molecular formula is C22H25N3O3. The Morgan fingerprint density at radius 3 is 2.46 bits per heavy atom. The molecule has 0 saturated carbocycles. The maximum absolute atomic E-state index is 12.3. The fourth-order valence-corrected chi connectivity index (χ4v) is 4.22. The summed E-state index contributed by atoms with van der Waals surface area (Å²) in [5.41, 5.74) is 3.82. The second-order valence-electron chi connectivity index (χ2n) is 7.14. The van der Waals surface area contributed by atoms with E-state index in [9.17, 15) is 9.90 Å². The maximum Gasteiger partial charge on any atom is 0.325 e. The van der Waals surface area contributed by atoms with Gasteiger partial charge in [-0.1, -0.05) is 30.3 Å². The standard InChI is InChI=1S/C22H25N3O3/c1-15-20(16-7-3-4-8-17(16)23-15)21(22(26)27)25-13-11-24(12-14-25)18-9-5-6-10-19(18)28-2/h3-10,21,23H,11-14H2,1-2H3,(H,26,27)/t21-/m1/s1. The Balaban J connectivity index is 1.59. The van der Waals surface area contributed by atoms with E-state index < -0.39 is 12.0 Å². The number of carbonyl (C=O) groups is 1. The third-order valence-electron chi connectivity index (χ3n) is 5.56. The molecule has 1 fully saturated rings. The summed E-state index contributed by atoms with van der Waals surface area (Å²) in [4.78, 5) is 19.9. The number of piperazine rings is 1. The van der Waals surface area contributed by atoms with Crippen LogP contribution < -0.4 is 9.64 Å². The molecule has 146 valence electrons. The number of aromatic nitrogens is 1. The number of ether oxygens (including phenoxy) is 1. The number of aromatic amines is 1. The number of nitrogens with one attached hydrogen (secondary N) is 1. The van der Waals surface area contributed by atoms with Gasteiger partial charge in [0.1, 0.15) is 11.8 Å². The molecule has 0 radical (unpaired) electrons. The highest BCUT2D eigenvalue weighted by Crippen LogP contribution is 2.34. The molecule has 1 aliphatic heterocycles. The molecule has 1 aromatic heterocycles. The van der Waals surface area contributed by atoms with Crippen molar-refractivity contribution in [3.8, 4) is 5.75 Å². The number of H-pyrrole nitrogens is 1. The van der Waals surface area contributed by atoms with Gasteiger partial charge in [-0.05, 0) is 25.1 Å². The lowest BCUT2D eigenvalue weighted by atomic mass is 10.0. The molecule has 28 heavy (non-hydrogen) atoms. The van der Waals surface area contributed by atoms with Crippen LogP contribution in [0.15, 0.2) is 48.5 Å². The number of carboxylic acids is 1. The minimum Gasteiger partial charge on any atom is -0.495 e. The number of aliphatic carboxylic acids is 1. The fourth-order valence-electron chi connectivity index (χ4n) is 4.22. The van der Waals surface area contributed by atoms with Crippen LogP contribution >= 0.6 is 0 Å². The Morgan fingerprint density at radius 1 is 1.07 bits per heavy atom. The molecule has 1 saturated heterocycles. The zero-order chi connectivity index (χ0) is 19.7. The summed E-state index contributed by atoms with van der Waals surface area (Å²) < 4.78 is 5.48. The summed E-state index contributed by atoms with van der Waals surface area (Å²) in [7, 11) is 1.68. The van der Waals surface area contributed by atoms with E-state index in [2.05, 4.69) is 14.8 Å². The number of hydrogen-bond acceptors (Lipinski definition) is 4. The maximum atomic E-state index is 12.3. The van der Waals surface area contributed by atoms with Crippen LogP contribution in [0.3, 0.4) is 0 Å². The number of nitrogens with zero attached hydrogens (tertiary/aromatic N) is 2. The van der Waals surface area contributed by atoms with Crippen molar-refractivity contribution in [2.45, 2.75) is 13.0 Å². The van der Waals surface area contributed by atoms with Crippen molar-refractivity contribution < 1.29 is 14.6 Å². The van der Waals surface area contributed by atoms with Crippen LogP contribution in [0.25, 0.3) is 10.9 Å². The van der Waals surface area contributed by atoms with E-state index in [1.807, 2.05) is 55.5 Å². The predicted octanol–water partition coefficient (Wildman–Crippen LogP) is 3.43. The number of para-hydroxylation sites is 3. The van der Waals surface area contributed by atoms with Gasteiger partial charge in [-0.15, -0.1) is 0 Å². The second-order valence-corrected chi connectivity index (χ2v) is 7.14. The summed E-state index contributed by atoms with van der Waals surface area (Å²) in [5, 5.41) is 11.0. The number of hydrogen-bond donors (Lipinski definition) is 2. The molecule has 2 heterocycles. The number of benzene rings is 2. The highest BCUT2D eigenvalue weighted by molar-refractivity contribution is 5.90. The van der Waals surface area contributed by atoms with Gasteiger partial charge in [0.15, 0.2) is 0 Å². The number of carboxylic acid groups (broad SMARTS) is 1. The first kappa shape index (κ1) is 18.4. The van der Waals surface area contributed by atoms with E-state index in [1.165, 1.54) is 0 Å². The Labute approximate surface area is 164 Å². The van der Waals surface area contributed by atoms with Gasteiger partial charge in [0.05, 0.1) is 12.8 Å². The average Bonchev–Trinajstić information content (AvgIpc) is 3.04. The molecule has 0 bridgehead atoms. The minimum atomic E-state index is -0.807. The Kier molecular flexibility index (Phi) is 4.96. The van der Waals surface area contributed by atoms with Crippen molar-refractivity contribution in [2.24, 2.45) is 0 Å². The van der Waals surface area contributed by atoms with Crippen molar-refractivity contribution in [2.75, 3.05) is 38.2 Å². The first-order chi connectivity index (χ1) is 13.6. The Hall–Kier alpha value is -2.99. The molecule has 0 unspecified atom stereocenters. The number of methoxy groups -OCH3 is 1. The summed E-state index contributed by atoms with van der Waals surface area (Å²) in [6, 6.07) is 15.2. The van der Waals surface area contributed by atoms with E-state index in [1.54, 1.807) is 7.11 Å². The highest BCUT2D eigenvalue weighted by atomic mass is 16.5. The second kappa shape index (κ2) is 7.56. The topological polar surface area (TPSA) is 68.8 Å². The normalized spacial score (nSPS) is 16.3. The van der Waals surface area contributed by atoms with E-state index >= 15 is 0 Å². The summed E-state index contributed by atoms with van der Waals surface area (Å²) >= 11 is 0. The third kappa shape index (κ3) is 3.20. The van der Waals surface area contributed by atoms with Gasteiger partial charge in [-0.3, -0.25) is 9.69 Å². The molecule has 2 aromatic carbocycles. The first-order valence-electron chi connectivity index (χ1n) is 9.52. The van der Waals surface area contributed by atoms with Crippen LogP contribution in [-0.2, 0) is 4.79 Å². The van der Waals surface area contributed by atoms with Crippen molar-refractivity contribution in [1.82, 2.24) is 9.88 Å². The predicted molar refractivity (Wildman–Crippen MR) is 110 cm³/mol. The molecule has 2 N–H and O–H groups in total. The summed E-state index contributed by atoms with van der Waals surface area (Å²) in [6.45, 7) is 4.81. The number of anilines is 1. The molecule has 6 nitrogen and oxygen atoms in total. The summed E-state index contributed by atoms with van der Waals surface area (Å²) in [6.07, 6.45) is 0. The Bertz CT molecular complexity index is 990. The minimum absolute atomic E-state index is 0.657. The largest absolute Gasteiger partial charge is 0.495 e. The van der Waals surface area contributed by atoms with Crippen LogP contribution in [0.5, 0.6) is 5.75 Å². The number of aryl methyl sites for hydroxylation is 1. The quantitative estimate of drug-likeness (QED) is 0.711. The highest BCUT2D eigenvalue weighted by Gasteiger charge is 2.33. The van der Waals surface area contributed by atoms with Crippen molar-refractivity contribution in [1.29, 1.82) is 0 Å². The number of fused-ring (bicyclic) bond motifs is 1. The molecule has 0 amide bonds. The average molecular weight is 379 g/mol. The molecule has 4 rings (SSSR count). The lowest BCUT2D eigenvalue weighted by Crippen LogP contribution is -2.49. The smallest absolute Gasteiger partial charge is 0.325 e. The van der Waals surface area contributed by atoms with Gasteiger partial charge in [0, 0.05) is 48.3 Å². The molecule has 6 heteroatoms. The van der Waals surface area contributed by atoms with Gasteiger partial charge in [0.2, 0.25) is 0 Å². The van der Waals surface area contributed by atoms with Gasteiger partial charge in [-0.2, -0.15) is 0 Å². The van der Waals surface area contributed by atoms with Gasteiger partial charge in [0.25, 0.3) is 0 Å². The van der Waals surface area contributed by atoms with E-state index in [0.717, 1.165) is 46.7 Å². The fraction of sp³-hybridized carbons (Fsp3) is 0.318. The van der Waals surface area contributed by atoms with Crippen molar-refractivity contribution >= 4 is 22.6 Å². The first-order valence-corrected chi connectivity index (χ1v) is 9.52. The van der Waals surface area contributed by atoms with Gasteiger partial charge < -0.3 is 19.7 Å². The monoisotopic (exact) mass is 379 g/mol. The van der Waals surface area contributed by atoms with Gasteiger partial charge in [-0.25, -0.2) is 0 Å². The van der Waals surface area contributed by atoms with Crippen LogP contribution in [-0.4, -0.2) is 54.2 Å². The molecular weight excluding hydrogens is 354 g/mol. The molecule has 0 spiro atoms. The molecule has 1 aliphatic rings. The molecule has 0 aliphatic carbocycles. The van der Waals surface area contributed by atoms with Crippen molar-refractivity contribution in [3.05, 3.63) is 59.8 Å². The lowest BCUT2D eigenvalue weighted by Gasteiger charge is -2.39. The van der Waals surface area contributed by atoms with Gasteiger partial charge >= 0.3 is 5.97 Å². The number of rotatable bonds is 5. The van der Waals surface area contributed by atoms with Crippen LogP contribution in [0.2, 0.25) is 0 Å². The summed E-state index contributed by atoms with van der Waals surface area (Å²) in [5.74, 6) is 0.0387. The molecule has 3 aromatic rings. The van der Waals surface area contributed by atoms with E-state index in [4.69, 9.17) is 4.74 Å². The van der Waals surface area contributed by atoms with Crippen molar-refractivity contribution in [3.63, 3.8) is 0 Å². The Morgan fingerprint density at radius 2 is 1.75 bits per heavy atom. The molecule has 1 atom stereocenters. The van der Waals surface area contributed by atoms with Crippen LogP contribution in [0.4, 0.5) is 5.69 Å². The third-order valence-corrected chi connectivity index (χ3v) is 5.56.